The largest absolute Gasteiger partial charge is 0.1000 e. The summed E-state index contributed by atoms with van der Waals surface area (Å²) in [5.41, 5.74) is 8.47. The number of hydrogen-bond acceptors (Lipinski definition) is 0. The van der Waals surface area contributed by atoms with Crippen molar-refractivity contribution in [3.05, 3.63) is 23.8 Å². The molecule has 0 N–H and O–H groups in total. The van der Waals surface area contributed by atoms with Gasteiger partial charge in [-0.15, -0.1) is 0 Å². The lowest BCUT2D eigenvalue weighted by atomic mass is 9.81. The van der Waals surface area contributed by atoms with Gasteiger partial charge in [0, 0.05) is 0 Å². The molecular weight excluding hydrogens is 472 g/mol. The zero-order valence-corrected chi connectivity index (χ0v) is 26.7. The number of hydrogen-bond donors (Lipinski definition) is 0. The highest BCUT2D eigenvalue weighted by molar-refractivity contribution is 7.71. The summed E-state index contributed by atoms with van der Waals surface area (Å²) in [7, 11) is 0.357. The summed E-state index contributed by atoms with van der Waals surface area (Å²) >= 11 is 0. The fraction of sp³-hybridized carbons (Fsp3) is 0.862. The predicted molar refractivity (Wildman–Crippen MR) is 161 cm³/mol. The third-order valence-electron chi connectivity index (χ3n) is 10.4. The van der Waals surface area contributed by atoms with Crippen molar-refractivity contribution in [2.45, 2.75) is 139 Å². The van der Waals surface area contributed by atoms with E-state index >= 15 is 0 Å². The first-order valence-electron chi connectivity index (χ1n) is 13.9. The van der Waals surface area contributed by atoms with Gasteiger partial charge in [-0.1, -0.05) is 107 Å². The van der Waals surface area contributed by atoms with E-state index in [1.165, 1.54) is 36.3 Å². The van der Waals surface area contributed by atoms with Crippen molar-refractivity contribution < 1.29 is 0 Å². The van der Waals surface area contributed by atoms with Crippen molar-refractivity contribution >= 4 is 31.7 Å². The van der Waals surface area contributed by atoms with Crippen LogP contribution in [0.15, 0.2) is 23.8 Å². The molecule has 0 aromatic heterocycles. The molecule has 0 saturated carbocycles. The Labute approximate surface area is 212 Å². The molecule has 0 radical (unpaired) electrons. The molecule has 0 nitrogen and oxygen atoms in total. The van der Waals surface area contributed by atoms with Crippen LogP contribution in [0, 0.1) is 11.8 Å². The lowest BCUT2D eigenvalue weighted by molar-refractivity contribution is 0.288. The molecule has 0 bridgehead atoms. The smallest absolute Gasteiger partial charge is 0.0158 e. The van der Waals surface area contributed by atoms with Gasteiger partial charge in [-0.25, -0.2) is 0 Å². The Morgan fingerprint density at radius 1 is 0.697 bits per heavy atom. The second-order valence-corrected chi connectivity index (χ2v) is 25.2. The van der Waals surface area contributed by atoms with Crippen LogP contribution in [0.3, 0.4) is 0 Å². The van der Waals surface area contributed by atoms with Crippen molar-refractivity contribution in [1.29, 1.82) is 0 Å². The van der Waals surface area contributed by atoms with Gasteiger partial charge in [0.15, 0.2) is 0 Å². The van der Waals surface area contributed by atoms with Gasteiger partial charge in [-0.2, -0.15) is 0 Å². The summed E-state index contributed by atoms with van der Waals surface area (Å²) < 4.78 is 0. The van der Waals surface area contributed by atoms with Crippen LogP contribution in [-0.2, 0) is 0 Å². The Morgan fingerprint density at radius 3 is 1.73 bits per heavy atom. The van der Waals surface area contributed by atoms with Crippen LogP contribution < -0.4 is 0 Å². The molecule has 0 aliphatic carbocycles. The first-order valence-corrected chi connectivity index (χ1v) is 20.1. The molecule has 188 valence electrons. The predicted octanol–water partition coefficient (Wildman–Crippen LogP) is 10.3. The molecule has 4 heteroatoms. The minimum atomic E-state index is -0.0696. The van der Waals surface area contributed by atoms with Gasteiger partial charge in [0.2, 0.25) is 0 Å². The monoisotopic (exact) mass is 524 g/mol. The fourth-order valence-electron chi connectivity index (χ4n) is 8.78. The van der Waals surface area contributed by atoms with E-state index in [-0.39, 0.29) is 31.7 Å². The summed E-state index contributed by atoms with van der Waals surface area (Å²) in [6.07, 6.45) is 7.49. The summed E-state index contributed by atoms with van der Waals surface area (Å²) in [5, 5.41) is 3.03. The molecule has 0 aromatic carbocycles. The molecular formula is C29H52P4. The molecule has 0 amide bonds. The highest BCUT2D eigenvalue weighted by Gasteiger charge is 2.55. The highest BCUT2D eigenvalue weighted by Crippen LogP contribution is 2.77. The van der Waals surface area contributed by atoms with Crippen LogP contribution in [0.1, 0.15) is 88.0 Å². The topological polar surface area (TPSA) is 0 Å². The van der Waals surface area contributed by atoms with Crippen molar-refractivity contribution in [1.82, 2.24) is 0 Å². The maximum Gasteiger partial charge on any atom is -0.0158 e. The number of rotatable bonds is 7. The SMILES string of the molecule is C=C(C(=C)P1[C@@H](C)C(C2C[C@H](C)P(CC(C)P3[C@@H](C)CC[C@@H]3C)[C@H]2C)[C@@H]1C)P1[C@@H](C)C[C@@H]1C. The molecule has 4 saturated heterocycles. The van der Waals surface area contributed by atoms with Gasteiger partial charge in [-0.3, -0.25) is 0 Å². The van der Waals surface area contributed by atoms with E-state index in [9.17, 15) is 0 Å². The molecule has 11 atom stereocenters. The van der Waals surface area contributed by atoms with Crippen LogP contribution in [0.4, 0.5) is 0 Å². The average Bonchev–Trinajstić information content (AvgIpc) is 3.20. The van der Waals surface area contributed by atoms with E-state index in [1.54, 1.807) is 6.16 Å². The Balaban J connectivity index is 1.38. The first-order chi connectivity index (χ1) is 15.5. The molecule has 4 aliphatic heterocycles. The standard InChI is InChI=1S/C29H52P4/c1-17-12-13-18(2)31(17)22(6)16-30-19(3)15-28(25(30)9)29-26(10)33(27(29)11)24(8)23(7)32-20(4)14-21(32)5/h17-22,25-29H,7-8,12-16H2,1-6,9-11H3/t17-,18-,19-,20-,21-,22?,25-,26-,27-,28?,29?,30?,33?/m0/s1. The highest BCUT2D eigenvalue weighted by atomic mass is 31.1. The van der Waals surface area contributed by atoms with Gasteiger partial charge in [-0.05, 0) is 105 Å². The molecule has 4 heterocycles. The Kier molecular flexibility index (Phi) is 8.68. The molecule has 4 fully saturated rings. The average molecular weight is 525 g/mol. The minimum absolute atomic E-state index is 0.00596. The summed E-state index contributed by atoms with van der Waals surface area (Å²) in [4.78, 5) is 0. The quantitative estimate of drug-likeness (QED) is 0.230. The molecule has 0 aromatic rings. The zero-order valence-electron chi connectivity index (χ0n) is 23.1. The van der Waals surface area contributed by atoms with E-state index in [0.717, 1.165) is 62.8 Å². The molecule has 3 unspecified atom stereocenters. The normalized spacial score (nSPS) is 49.5. The van der Waals surface area contributed by atoms with Crippen molar-refractivity contribution in [3.8, 4) is 0 Å². The Bertz CT molecular complexity index is 720. The lowest BCUT2D eigenvalue weighted by Gasteiger charge is -2.56. The van der Waals surface area contributed by atoms with Gasteiger partial charge in [0.05, 0.1) is 0 Å². The van der Waals surface area contributed by atoms with Gasteiger partial charge in [0.1, 0.15) is 0 Å². The van der Waals surface area contributed by atoms with E-state index in [2.05, 4.69) is 68.9 Å². The van der Waals surface area contributed by atoms with Gasteiger partial charge in [0.25, 0.3) is 0 Å². The molecule has 4 aliphatic rings. The Hall–Kier alpha value is 1.20. The fourth-order valence-corrected chi connectivity index (χ4v) is 24.1. The van der Waals surface area contributed by atoms with Crippen LogP contribution in [0.2, 0.25) is 0 Å². The Morgan fingerprint density at radius 2 is 1.21 bits per heavy atom. The molecule has 0 spiro atoms. The van der Waals surface area contributed by atoms with Crippen LogP contribution in [0.25, 0.3) is 0 Å². The maximum absolute atomic E-state index is 4.71. The van der Waals surface area contributed by atoms with Crippen molar-refractivity contribution in [2.75, 3.05) is 6.16 Å². The summed E-state index contributed by atoms with van der Waals surface area (Å²) in [6.45, 7) is 32.5. The van der Waals surface area contributed by atoms with Crippen molar-refractivity contribution in [3.63, 3.8) is 0 Å². The second-order valence-electron chi connectivity index (χ2n) is 12.5. The zero-order chi connectivity index (χ0) is 24.4. The second kappa shape index (κ2) is 10.5. The maximum atomic E-state index is 4.71. The van der Waals surface area contributed by atoms with E-state index < -0.39 is 0 Å². The number of allylic oxidation sites excluding steroid dienone is 2. The third kappa shape index (κ3) is 4.78. The summed E-state index contributed by atoms with van der Waals surface area (Å²) in [5.74, 6) is 1.92. The lowest BCUT2D eigenvalue weighted by Crippen LogP contribution is -2.46. The molecule has 33 heavy (non-hydrogen) atoms. The van der Waals surface area contributed by atoms with E-state index in [0.29, 0.717) is 0 Å². The van der Waals surface area contributed by atoms with Gasteiger partial charge >= 0.3 is 0 Å². The third-order valence-corrected chi connectivity index (χ3v) is 24.9. The van der Waals surface area contributed by atoms with Crippen LogP contribution in [0.5, 0.6) is 0 Å². The minimum Gasteiger partial charge on any atom is -0.1000 e. The first kappa shape index (κ1) is 27.2. The summed E-state index contributed by atoms with van der Waals surface area (Å²) in [6, 6.07) is 0. The van der Waals surface area contributed by atoms with Crippen LogP contribution in [-0.4, -0.2) is 57.1 Å². The molecule has 4 rings (SSSR count). The van der Waals surface area contributed by atoms with Crippen molar-refractivity contribution in [2.24, 2.45) is 11.8 Å². The van der Waals surface area contributed by atoms with Crippen LogP contribution >= 0.6 is 31.7 Å². The van der Waals surface area contributed by atoms with E-state index in [4.69, 9.17) is 6.58 Å². The van der Waals surface area contributed by atoms with Gasteiger partial charge < -0.3 is 0 Å². The van der Waals surface area contributed by atoms with E-state index in [1.807, 2.05) is 0 Å².